The molecule has 2 aliphatic rings. The zero-order chi connectivity index (χ0) is 18.8. The van der Waals surface area contributed by atoms with Crippen LogP contribution >= 0.6 is 0 Å². The van der Waals surface area contributed by atoms with Crippen molar-refractivity contribution in [3.05, 3.63) is 36.9 Å². The molecule has 0 bridgehead atoms. The summed E-state index contributed by atoms with van der Waals surface area (Å²) in [6.07, 6.45) is 4.26. The van der Waals surface area contributed by atoms with Crippen molar-refractivity contribution in [2.75, 3.05) is 31.5 Å². The first-order valence-electron chi connectivity index (χ1n) is 9.11. The lowest BCUT2D eigenvalue weighted by Crippen LogP contribution is -2.63. The summed E-state index contributed by atoms with van der Waals surface area (Å²) in [6.45, 7) is 2.80. The van der Waals surface area contributed by atoms with E-state index in [1.54, 1.807) is 29.3 Å². The van der Waals surface area contributed by atoms with Gasteiger partial charge >= 0.3 is 11.8 Å². The molecule has 8 heteroatoms. The second kappa shape index (κ2) is 7.50. The first-order valence-corrected chi connectivity index (χ1v) is 9.11. The monoisotopic (exact) mass is 370 g/mol. The predicted molar refractivity (Wildman–Crippen MR) is 97.8 cm³/mol. The molecule has 0 radical (unpaired) electrons. The summed E-state index contributed by atoms with van der Waals surface area (Å²) in [5.74, 6) is -0.569. The van der Waals surface area contributed by atoms with Gasteiger partial charge in [-0.25, -0.2) is 4.98 Å². The summed E-state index contributed by atoms with van der Waals surface area (Å²) in [7, 11) is 0. The van der Waals surface area contributed by atoms with Crippen molar-refractivity contribution in [3.63, 3.8) is 0 Å². The molecule has 2 fully saturated rings. The van der Waals surface area contributed by atoms with Crippen LogP contribution in [0.2, 0.25) is 0 Å². The van der Waals surface area contributed by atoms with E-state index in [1.807, 2.05) is 6.07 Å². The summed E-state index contributed by atoms with van der Waals surface area (Å²) in [5, 5.41) is 12.2. The molecule has 0 aliphatic carbocycles. The number of aromatic nitrogens is 1. The number of piperidine rings is 1. The number of hydrogen-bond donors (Lipinski definition) is 2. The Morgan fingerprint density at radius 1 is 1.22 bits per heavy atom. The lowest BCUT2D eigenvalue weighted by molar-refractivity contribution is -0.148. The Morgan fingerprint density at radius 2 is 2.00 bits per heavy atom. The topological polar surface area (TPSA) is 98.9 Å². The fourth-order valence-electron chi connectivity index (χ4n) is 3.54. The van der Waals surface area contributed by atoms with E-state index in [4.69, 9.17) is 4.42 Å². The maximum absolute atomic E-state index is 12.4. The lowest BCUT2D eigenvalue weighted by atomic mass is 10.0. The molecule has 0 spiro atoms. The molecule has 2 aromatic rings. The fraction of sp³-hybridized carbons (Fsp3) is 0.421. The smallest absolute Gasteiger partial charge is 0.313 e. The molecule has 2 saturated heterocycles. The summed E-state index contributed by atoms with van der Waals surface area (Å²) in [4.78, 5) is 32.4. The van der Waals surface area contributed by atoms with Crippen LogP contribution in [0.25, 0.3) is 11.3 Å². The van der Waals surface area contributed by atoms with Gasteiger partial charge in [0.2, 0.25) is 0 Å². The van der Waals surface area contributed by atoms with Gasteiger partial charge in [-0.3, -0.25) is 14.5 Å². The van der Waals surface area contributed by atoms with Crippen molar-refractivity contribution in [1.82, 2.24) is 14.8 Å². The number of benzene rings is 1. The molecule has 3 heterocycles. The molecule has 4 rings (SSSR count). The largest absolute Gasteiger partial charge is 0.444 e. The Kier molecular flexibility index (Phi) is 4.91. The second-order valence-corrected chi connectivity index (χ2v) is 7.03. The van der Waals surface area contributed by atoms with Gasteiger partial charge in [0, 0.05) is 43.5 Å². The van der Waals surface area contributed by atoms with Crippen molar-refractivity contribution < 1.29 is 19.1 Å². The fourth-order valence-corrected chi connectivity index (χ4v) is 3.54. The maximum atomic E-state index is 12.4. The van der Waals surface area contributed by atoms with Gasteiger partial charge in [0.15, 0.2) is 12.2 Å². The van der Waals surface area contributed by atoms with E-state index in [2.05, 4.69) is 15.2 Å². The molecule has 1 aromatic heterocycles. The normalized spacial score (nSPS) is 18.9. The molecule has 0 unspecified atom stereocenters. The highest BCUT2D eigenvalue weighted by Gasteiger charge is 2.38. The number of nitrogens with zero attached hydrogens (tertiary/aromatic N) is 3. The maximum Gasteiger partial charge on any atom is 0.313 e. The Morgan fingerprint density at radius 3 is 2.70 bits per heavy atom. The van der Waals surface area contributed by atoms with Gasteiger partial charge in [-0.05, 0) is 25.0 Å². The van der Waals surface area contributed by atoms with E-state index >= 15 is 0 Å². The minimum absolute atomic E-state index is 0.211. The third-order valence-electron chi connectivity index (χ3n) is 5.20. The van der Waals surface area contributed by atoms with Crippen LogP contribution in [0, 0.1) is 0 Å². The van der Waals surface area contributed by atoms with E-state index in [9.17, 15) is 14.7 Å². The van der Waals surface area contributed by atoms with Gasteiger partial charge in [0.25, 0.3) is 0 Å². The predicted octanol–water partition coefficient (Wildman–Crippen LogP) is 0.948. The number of aliphatic hydroxyl groups excluding tert-OH is 1. The van der Waals surface area contributed by atoms with Crippen LogP contribution in [0.5, 0.6) is 0 Å². The van der Waals surface area contributed by atoms with Crippen molar-refractivity contribution in [3.8, 4) is 11.3 Å². The molecule has 142 valence electrons. The van der Waals surface area contributed by atoms with Crippen LogP contribution in [-0.2, 0) is 9.59 Å². The zero-order valence-corrected chi connectivity index (χ0v) is 14.9. The highest BCUT2D eigenvalue weighted by atomic mass is 16.3. The highest BCUT2D eigenvalue weighted by molar-refractivity contribution is 6.39. The van der Waals surface area contributed by atoms with E-state index < -0.39 is 11.8 Å². The molecule has 27 heavy (non-hydrogen) atoms. The molecule has 0 atom stereocenters. The number of amides is 2. The Bertz CT molecular complexity index is 809. The number of aliphatic hydroxyl groups is 1. The molecule has 1 aromatic carbocycles. The third kappa shape index (κ3) is 3.86. The average molecular weight is 370 g/mol. The van der Waals surface area contributed by atoms with Crippen molar-refractivity contribution >= 4 is 17.5 Å². The average Bonchev–Trinajstić information content (AvgIpc) is 3.17. The number of oxazole rings is 1. The van der Waals surface area contributed by atoms with Gasteiger partial charge in [0.1, 0.15) is 0 Å². The van der Waals surface area contributed by atoms with E-state index in [0.717, 1.165) is 31.5 Å². The van der Waals surface area contributed by atoms with E-state index in [0.29, 0.717) is 24.5 Å². The van der Waals surface area contributed by atoms with Crippen LogP contribution in [-0.4, -0.2) is 70.0 Å². The van der Waals surface area contributed by atoms with Gasteiger partial charge in [-0.1, -0.05) is 12.1 Å². The van der Waals surface area contributed by atoms with E-state index in [-0.39, 0.29) is 12.1 Å². The lowest BCUT2D eigenvalue weighted by Gasteiger charge is -2.46. The van der Waals surface area contributed by atoms with Gasteiger partial charge in [-0.2, -0.15) is 0 Å². The van der Waals surface area contributed by atoms with E-state index in [1.165, 1.54) is 6.39 Å². The van der Waals surface area contributed by atoms with Crippen molar-refractivity contribution in [2.45, 2.75) is 25.0 Å². The Balaban J connectivity index is 1.30. The minimum atomic E-state index is -0.641. The van der Waals surface area contributed by atoms with Crippen molar-refractivity contribution in [2.24, 2.45) is 0 Å². The number of anilines is 1. The number of carbonyl (C=O) groups is 2. The number of likely N-dealkylation sites (tertiary alicyclic amines) is 2. The Hall–Kier alpha value is -2.71. The third-order valence-corrected chi connectivity index (χ3v) is 5.20. The SMILES string of the molecule is O=C(Nc1cccc(-c2cnco2)c1)C(=O)N1CC(N2CCC(O)CC2)C1. The minimum Gasteiger partial charge on any atom is -0.444 e. The summed E-state index contributed by atoms with van der Waals surface area (Å²) in [6, 6.07) is 7.37. The molecular weight excluding hydrogens is 348 g/mol. The summed E-state index contributed by atoms with van der Waals surface area (Å²) >= 11 is 0. The number of nitrogens with one attached hydrogen (secondary N) is 1. The van der Waals surface area contributed by atoms with Gasteiger partial charge < -0.3 is 19.7 Å². The summed E-state index contributed by atoms with van der Waals surface area (Å²) < 4.78 is 5.25. The quantitative estimate of drug-likeness (QED) is 0.781. The number of carbonyl (C=O) groups excluding carboxylic acids is 2. The highest BCUT2D eigenvalue weighted by Crippen LogP contribution is 2.23. The molecule has 2 aliphatic heterocycles. The molecular formula is C19H22N4O4. The first kappa shape index (κ1) is 17.7. The zero-order valence-electron chi connectivity index (χ0n) is 14.9. The number of hydrogen-bond acceptors (Lipinski definition) is 6. The summed E-state index contributed by atoms with van der Waals surface area (Å²) in [5.41, 5.74) is 1.30. The van der Waals surface area contributed by atoms with Crippen LogP contribution in [0.1, 0.15) is 12.8 Å². The molecule has 2 amide bonds. The van der Waals surface area contributed by atoms with Crippen LogP contribution in [0.3, 0.4) is 0 Å². The van der Waals surface area contributed by atoms with Gasteiger partial charge in [-0.15, -0.1) is 0 Å². The molecule has 8 nitrogen and oxygen atoms in total. The molecule has 0 saturated carbocycles. The van der Waals surface area contributed by atoms with Crippen LogP contribution in [0.15, 0.2) is 41.3 Å². The van der Waals surface area contributed by atoms with Crippen LogP contribution < -0.4 is 5.32 Å². The first-order chi connectivity index (χ1) is 13.1. The van der Waals surface area contributed by atoms with Crippen LogP contribution in [0.4, 0.5) is 5.69 Å². The Labute approximate surface area is 156 Å². The standard InChI is InChI=1S/C19H22N4O4/c24-16-4-6-22(7-5-16)15-10-23(11-15)19(26)18(25)21-14-3-1-2-13(8-14)17-9-20-12-27-17/h1-3,8-9,12,15-16,24H,4-7,10-11H2,(H,21,25). The number of rotatable bonds is 3. The second-order valence-electron chi connectivity index (χ2n) is 7.03. The molecule has 2 N–H and O–H groups in total. The van der Waals surface area contributed by atoms with Gasteiger partial charge in [0.05, 0.1) is 12.3 Å². The van der Waals surface area contributed by atoms with Crippen molar-refractivity contribution in [1.29, 1.82) is 0 Å².